The molecule has 0 spiro atoms. The van der Waals surface area contributed by atoms with Crippen molar-refractivity contribution >= 4 is 29.8 Å². The van der Waals surface area contributed by atoms with Crippen LogP contribution in [0.5, 0.6) is 0 Å². The summed E-state index contributed by atoms with van der Waals surface area (Å²) in [5, 5.41) is 0. The van der Waals surface area contributed by atoms with Crippen molar-refractivity contribution in [3.63, 3.8) is 0 Å². The van der Waals surface area contributed by atoms with Crippen molar-refractivity contribution < 1.29 is 71.3 Å². The number of rotatable bonds is 25. The molecule has 0 aromatic heterocycles. The largest absolute Gasteiger partial charge is 0.438 e. The number of methoxy groups -OCH3 is 2. The van der Waals surface area contributed by atoms with Crippen LogP contribution >= 0.6 is 0 Å². The molecule has 0 heterocycles. The molecule has 2 atom stereocenters. The summed E-state index contributed by atoms with van der Waals surface area (Å²) in [4.78, 5) is 57.4. The molecule has 2 fully saturated rings. The molecule has 15 heteroatoms. The maximum absolute atomic E-state index is 11.7. The molecule has 2 saturated carbocycles. The highest BCUT2D eigenvalue weighted by Crippen LogP contribution is 2.36. The Morgan fingerprint density at radius 2 is 0.845 bits per heavy atom. The van der Waals surface area contributed by atoms with Crippen LogP contribution in [0.1, 0.15) is 228 Å². The highest BCUT2D eigenvalue weighted by molar-refractivity contribution is 5.77. The lowest BCUT2D eigenvalue weighted by Crippen LogP contribution is -2.30. The topological polar surface area (TPSA) is 178 Å². The SMILES string of the molecule is CCC(C)(C)C(=O)OC(C)OC.CCC(C)(C)C(=O)OCOC.CCC(C)(C)C(=O)OCOCC1(C)CCCCC1.CCC(C)(C)C(=O)OCOCC1CCCCC1.CCOC(C)OC(=O)C(C)(C)CC. The van der Waals surface area contributed by atoms with Gasteiger partial charge in [-0.3, -0.25) is 24.0 Å². The van der Waals surface area contributed by atoms with Gasteiger partial charge in [0.25, 0.3) is 0 Å². The van der Waals surface area contributed by atoms with E-state index in [1.54, 1.807) is 13.8 Å². The minimum atomic E-state index is -0.455. The highest BCUT2D eigenvalue weighted by atomic mass is 16.7. The van der Waals surface area contributed by atoms with Gasteiger partial charge in [0.1, 0.15) is 0 Å². The molecule has 2 aliphatic carbocycles. The van der Waals surface area contributed by atoms with Gasteiger partial charge in [0, 0.05) is 20.8 Å². The van der Waals surface area contributed by atoms with Crippen molar-refractivity contribution in [3.8, 4) is 0 Å². The van der Waals surface area contributed by atoms with E-state index in [2.05, 4.69) is 11.7 Å². The lowest BCUT2D eigenvalue weighted by Gasteiger charge is -2.33. The molecule has 0 amide bonds. The predicted molar refractivity (Wildman–Crippen MR) is 280 cm³/mol. The van der Waals surface area contributed by atoms with Crippen LogP contribution in [0.15, 0.2) is 0 Å². The van der Waals surface area contributed by atoms with Gasteiger partial charge in [0.15, 0.2) is 33.0 Å². The second-order valence-corrected chi connectivity index (χ2v) is 22.4. The van der Waals surface area contributed by atoms with E-state index in [1.807, 2.05) is 111 Å². The molecule has 2 rings (SSSR count). The van der Waals surface area contributed by atoms with Gasteiger partial charge < -0.3 is 47.4 Å². The van der Waals surface area contributed by atoms with Crippen molar-refractivity contribution in [2.24, 2.45) is 38.4 Å². The third-order valence-electron chi connectivity index (χ3n) is 13.9. The normalized spacial score (nSPS) is 16.0. The Kier molecular flexibility index (Phi) is 38.6. The summed E-state index contributed by atoms with van der Waals surface area (Å²) in [6.45, 7) is 38.4. The zero-order valence-corrected chi connectivity index (χ0v) is 49.2. The van der Waals surface area contributed by atoms with E-state index < -0.39 is 39.7 Å². The maximum atomic E-state index is 11.7. The van der Waals surface area contributed by atoms with E-state index in [1.165, 1.54) is 78.4 Å². The molecule has 0 saturated heterocycles. The molecular formula is C56H108O15. The average molecular weight is 1020 g/mol. The van der Waals surface area contributed by atoms with Gasteiger partial charge in [0.05, 0.1) is 40.3 Å². The fraction of sp³-hybridized carbons (Fsp3) is 0.911. The molecule has 15 nitrogen and oxygen atoms in total. The third kappa shape index (κ3) is 33.6. The first-order valence-electron chi connectivity index (χ1n) is 26.6. The summed E-state index contributed by atoms with van der Waals surface area (Å²) in [6.07, 6.45) is 15.9. The number of carbonyl (C=O) groups excluding carboxylic acids is 5. The van der Waals surface area contributed by atoms with Crippen molar-refractivity contribution in [2.45, 2.75) is 240 Å². The fourth-order valence-electron chi connectivity index (χ4n) is 5.95. The average Bonchev–Trinajstić information content (AvgIpc) is 3.34. The minimum absolute atomic E-state index is 0.0439. The molecule has 71 heavy (non-hydrogen) atoms. The molecule has 0 aromatic rings. The molecular weight excluding hydrogens is 913 g/mol. The monoisotopic (exact) mass is 1020 g/mol. The molecule has 422 valence electrons. The summed E-state index contributed by atoms with van der Waals surface area (Å²) in [5.41, 5.74) is -1.73. The van der Waals surface area contributed by atoms with E-state index >= 15 is 0 Å². The first-order chi connectivity index (χ1) is 32.9. The van der Waals surface area contributed by atoms with Crippen LogP contribution in [-0.2, 0) is 71.3 Å². The van der Waals surface area contributed by atoms with Crippen LogP contribution in [0.2, 0.25) is 0 Å². The molecule has 0 aliphatic heterocycles. The Bertz CT molecular complexity index is 1430. The van der Waals surface area contributed by atoms with Crippen molar-refractivity contribution in [1.82, 2.24) is 0 Å². The van der Waals surface area contributed by atoms with E-state index in [4.69, 9.17) is 42.6 Å². The standard InChI is InChI=1S/C15H28O3.C14H26O3.C10H20O3.C9H18O3.C8H16O3/c1-5-14(2,3)13(16)18-12-17-11-15(4)9-7-6-8-10-15;1-4-14(2,3)13(15)17-11-16-10-12-8-6-5-7-9-12;1-6-10(4,5)9(11)13-8(3)12-7-2;1-6-9(3,4)8(10)12-7(2)11-5;1-5-8(2,3)7(9)11-6-10-4/h5-12H2,1-4H3;12H,4-11H2,1-3H3;8H,6-7H2,1-5H3;7H,6H2,1-5H3;5-6H2,1-4H3. The second kappa shape index (κ2) is 37.8. The number of esters is 5. The molecule has 0 bridgehead atoms. The lowest BCUT2D eigenvalue weighted by molar-refractivity contribution is -0.184. The van der Waals surface area contributed by atoms with Crippen molar-refractivity contribution in [3.05, 3.63) is 0 Å². The van der Waals surface area contributed by atoms with Crippen LogP contribution in [0.25, 0.3) is 0 Å². The molecule has 0 radical (unpaired) electrons. The van der Waals surface area contributed by atoms with Crippen LogP contribution in [0, 0.1) is 38.4 Å². The van der Waals surface area contributed by atoms with Gasteiger partial charge >= 0.3 is 29.8 Å². The lowest BCUT2D eigenvalue weighted by atomic mass is 9.76. The molecule has 2 aliphatic rings. The van der Waals surface area contributed by atoms with E-state index in [0.717, 1.165) is 38.7 Å². The van der Waals surface area contributed by atoms with Gasteiger partial charge in [0.2, 0.25) is 0 Å². The highest BCUT2D eigenvalue weighted by Gasteiger charge is 2.32. The van der Waals surface area contributed by atoms with Gasteiger partial charge in [-0.2, -0.15) is 0 Å². The van der Waals surface area contributed by atoms with Crippen molar-refractivity contribution in [1.29, 1.82) is 0 Å². The van der Waals surface area contributed by atoms with E-state index in [9.17, 15) is 24.0 Å². The Hall–Kier alpha value is -2.85. The first kappa shape index (κ1) is 72.4. The second-order valence-electron chi connectivity index (χ2n) is 22.4. The molecule has 0 N–H and O–H groups in total. The zero-order valence-electron chi connectivity index (χ0n) is 49.2. The predicted octanol–water partition coefficient (Wildman–Crippen LogP) is 13.3. The smallest absolute Gasteiger partial charge is 0.313 e. The van der Waals surface area contributed by atoms with E-state index in [-0.39, 0.29) is 55.6 Å². The molecule has 2 unspecified atom stereocenters. The van der Waals surface area contributed by atoms with Gasteiger partial charge in [-0.05, 0) is 159 Å². The third-order valence-corrected chi connectivity index (χ3v) is 13.9. The van der Waals surface area contributed by atoms with Crippen LogP contribution in [0.4, 0.5) is 0 Å². The summed E-state index contributed by atoms with van der Waals surface area (Å²) in [7, 11) is 3.00. The Morgan fingerprint density at radius 3 is 1.21 bits per heavy atom. The van der Waals surface area contributed by atoms with Gasteiger partial charge in [-0.1, -0.05) is 80.1 Å². The van der Waals surface area contributed by atoms with Crippen molar-refractivity contribution in [2.75, 3.05) is 54.4 Å². The number of hydrogen-bond donors (Lipinski definition) is 0. The zero-order chi connectivity index (χ0) is 55.5. The number of ether oxygens (including phenoxy) is 10. The minimum Gasteiger partial charge on any atom is -0.438 e. The van der Waals surface area contributed by atoms with Crippen LogP contribution in [-0.4, -0.2) is 96.8 Å². The molecule has 0 aromatic carbocycles. The summed E-state index contributed by atoms with van der Waals surface area (Å²) in [5.74, 6) is -0.277. The Labute approximate surface area is 433 Å². The first-order valence-corrected chi connectivity index (χ1v) is 26.6. The maximum Gasteiger partial charge on any atom is 0.313 e. The van der Waals surface area contributed by atoms with Crippen LogP contribution in [0.3, 0.4) is 0 Å². The van der Waals surface area contributed by atoms with Gasteiger partial charge in [-0.25, -0.2) is 0 Å². The fourth-order valence-corrected chi connectivity index (χ4v) is 5.95. The quantitative estimate of drug-likeness (QED) is 0.0365. The number of hydrogen-bond acceptors (Lipinski definition) is 15. The number of carbonyl (C=O) groups is 5. The Morgan fingerprint density at radius 1 is 0.493 bits per heavy atom. The Balaban J connectivity index is -0.000000826. The summed E-state index contributed by atoms with van der Waals surface area (Å²) < 4.78 is 50.7. The van der Waals surface area contributed by atoms with Gasteiger partial charge in [-0.15, -0.1) is 0 Å². The summed E-state index contributed by atoms with van der Waals surface area (Å²) >= 11 is 0. The van der Waals surface area contributed by atoms with E-state index in [0.29, 0.717) is 19.1 Å². The summed E-state index contributed by atoms with van der Waals surface area (Å²) in [6, 6.07) is 0. The van der Waals surface area contributed by atoms with Crippen LogP contribution < -0.4 is 0 Å².